The molecule has 18 heavy (non-hydrogen) atoms. The lowest BCUT2D eigenvalue weighted by atomic mass is 9.92. The summed E-state index contributed by atoms with van der Waals surface area (Å²) in [5.41, 5.74) is 13.4. The first-order valence-electron chi connectivity index (χ1n) is 5.70. The number of carbonyl (C=O) groups excluding carboxylic acids is 1. The summed E-state index contributed by atoms with van der Waals surface area (Å²) in [6, 6.07) is 7.25. The van der Waals surface area contributed by atoms with Crippen molar-refractivity contribution in [2.45, 2.75) is 12.2 Å². The third-order valence-electron chi connectivity index (χ3n) is 3.25. The molecular formula is C12H13ClN4O. The summed E-state index contributed by atoms with van der Waals surface area (Å²) in [6.45, 7) is 0. The van der Waals surface area contributed by atoms with Crippen LogP contribution in [0.3, 0.4) is 0 Å². The first-order chi connectivity index (χ1) is 8.65. The third kappa shape index (κ3) is 1.91. The van der Waals surface area contributed by atoms with E-state index in [-0.39, 0.29) is 24.0 Å². The number of benzene rings is 1. The van der Waals surface area contributed by atoms with E-state index in [9.17, 15) is 4.79 Å². The summed E-state index contributed by atoms with van der Waals surface area (Å²) >= 11 is 5.84. The normalized spacial score (nSPS) is 30.7. The molecule has 2 aliphatic heterocycles. The van der Waals surface area contributed by atoms with Crippen molar-refractivity contribution in [3.63, 3.8) is 0 Å². The highest BCUT2D eigenvalue weighted by atomic mass is 35.5. The molecule has 3 rings (SSSR count). The molecule has 0 spiro atoms. The largest absolute Gasteiger partial charge is 0.325 e. The molecule has 1 aromatic rings. The number of halogens is 1. The Morgan fingerprint density at radius 1 is 1.17 bits per heavy atom. The van der Waals surface area contributed by atoms with E-state index in [4.69, 9.17) is 17.3 Å². The fraction of sp³-hybridized carbons (Fsp3) is 0.250. The van der Waals surface area contributed by atoms with Crippen LogP contribution < -0.4 is 21.9 Å². The van der Waals surface area contributed by atoms with E-state index < -0.39 is 0 Å². The van der Waals surface area contributed by atoms with Crippen LogP contribution in [-0.2, 0) is 4.79 Å². The van der Waals surface area contributed by atoms with Crippen LogP contribution in [0.2, 0.25) is 5.02 Å². The second-order valence-corrected chi connectivity index (χ2v) is 4.88. The van der Waals surface area contributed by atoms with Crippen molar-refractivity contribution < 1.29 is 4.79 Å². The maximum Gasteiger partial charge on any atom is 0.232 e. The Hall–Kier alpha value is -1.40. The fourth-order valence-electron chi connectivity index (χ4n) is 2.30. The Kier molecular flexibility index (Phi) is 2.83. The van der Waals surface area contributed by atoms with Crippen molar-refractivity contribution in [3.8, 4) is 0 Å². The van der Waals surface area contributed by atoms with Crippen molar-refractivity contribution in [2.75, 3.05) is 0 Å². The zero-order valence-corrected chi connectivity index (χ0v) is 10.2. The van der Waals surface area contributed by atoms with Gasteiger partial charge >= 0.3 is 0 Å². The van der Waals surface area contributed by atoms with Gasteiger partial charge in [0.25, 0.3) is 0 Å². The summed E-state index contributed by atoms with van der Waals surface area (Å²) in [5.74, 6) is -0.349. The molecule has 6 heteroatoms. The number of nitrogens with two attached hydrogens (primary N) is 1. The summed E-state index contributed by atoms with van der Waals surface area (Å²) in [6.07, 6.45) is 1.60. The minimum atomic E-state index is -0.363. The van der Waals surface area contributed by atoms with Crippen LogP contribution in [0.4, 0.5) is 0 Å². The standard InChI is InChI=1S/C12H13ClN4O/c13-7-3-1-6(2-4-7)8-5-9-10(12(18)15-8)11(14)17-16-9/h1-5,9-11,16-17H,14H2,(H,15,18). The molecule has 1 aromatic carbocycles. The molecule has 94 valence electrons. The van der Waals surface area contributed by atoms with Gasteiger partial charge in [0.15, 0.2) is 0 Å². The zero-order valence-electron chi connectivity index (χ0n) is 9.48. The van der Waals surface area contributed by atoms with Gasteiger partial charge in [-0.05, 0) is 23.8 Å². The van der Waals surface area contributed by atoms with Crippen molar-refractivity contribution in [3.05, 3.63) is 40.9 Å². The van der Waals surface area contributed by atoms with Gasteiger partial charge in [-0.2, -0.15) is 0 Å². The monoisotopic (exact) mass is 264 g/mol. The van der Waals surface area contributed by atoms with E-state index in [1.165, 1.54) is 0 Å². The zero-order chi connectivity index (χ0) is 12.7. The summed E-state index contributed by atoms with van der Waals surface area (Å²) in [5, 5.41) is 3.54. The number of amides is 1. The molecule has 2 heterocycles. The predicted octanol–water partition coefficient (Wildman–Crippen LogP) is 0.188. The summed E-state index contributed by atoms with van der Waals surface area (Å²) < 4.78 is 0. The van der Waals surface area contributed by atoms with Crippen LogP contribution in [0.15, 0.2) is 30.3 Å². The highest BCUT2D eigenvalue weighted by Gasteiger charge is 2.41. The molecular weight excluding hydrogens is 252 g/mol. The number of nitrogens with one attached hydrogen (secondary N) is 3. The molecule has 3 unspecified atom stereocenters. The van der Waals surface area contributed by atoms with E-state index in [1.807, 2.05) is 18.2 Å². The van der Waals surface area contributed by atoms with Crippen molar-refractivity contribution in [1.29, 1.82) is 0 Å². The number of hydrazine groups is 1. The number of rotatable bonds is 1. The quantitative estimate of drug-likeness (QED) is 0.584. The molecule has 1 saturated heterocycles. The average molecular weight is 265 g/mol. The van der Waals surface area contributed by atoms with Crippen LogP contribution in [-0.4, -0.2) is 18.1 Å². The number of hydrogen-bond acceptors (Lipinski definition) is 4. The molecule has 5 N–H and O–H groups in total. The first-order valence-corrected chi connectivity index (χ1v) is 6.08. The van der Waals surface area contributed by atoms with Crippen LogP contribution >= 0.6 is 11.6 Å². The lowest BCUT2D eigenvalue weighted by Gasteiger charge is -2.25. The Morgan fingerprint density at radius 3 is 2.61 bits per heavy atom. The Morgan fingerprint density at radius 2 is 1.89 bits per heavy atom. The second kappa shape index (κ2) is 4.37. The highest BCUT2D eigenvalue weighted by molar-refractivity contribution is 6.30. The Labute approximate surface area is 109 Å². The molecule has 0 aromatic heterocycles. The third-order valence-corrected chi connectivity index (χ3v) is 3.50. The van der Waals surface area contributed by atoms with Crippen LogP contribution in [0.1, 0.15) is 5.56 Å². The van der Waals surface area contributed by atoms with Gasteiger partial charge < -0.3 is 11.1 Å². The van der Waals surface area contributed by atoms with Crippen LogP contribution in [0, 0.1) is 5.92 Å². The van der Waals surface area contributed by atoms with Gasteiger partial charge in [-0.3, -0.25) is 4.79 Å². The van der Waals surface area contributed by atoms with Gasteiger partial charge in [-0.1, -0.05) is 23.7 Å². The molecule has 0 saturated carbocycles. The number of hydrogen-bond donors (Lipinski definition) is 4. The smallest absolute Gasteiger partial charge is 0.232 e. The van der Waals surface area contributed by atoms with Gasteiger partial charge in [0, 0.05) is 10.7 Å². The molecule has 0 radical (unpaired) electrons. The minimum Gasteiger partial charge on any atom is -0.325 e. The van der Waals surface area contributed by atoms with Gasteiger partial charge in [0.1, 0.15) is 0 Å². The van der Waals surface area contributed by atoms with Crippen LogP contribution in [0.25, 0.3) is 5.70 Å². The fourth-order valence-corrected chi connectivity index (χ4v) is 2.43. The Balaban J connectivity index is 1.93. The van der Waals surface area contributed by atoms with E-state index in [0.29, 0.717) is 5.02 Å². The molecule has 0 aliphatic carbocycles. The van der Waals surface area contributed by atoms with E-state index in [1.54, 1.807) is 12.1 Å². The summed E-state index contributed by atoms with van der Waals surface area (Å²) in [7, 11) is 0. The molecule has 2 aliphatic rings. The predicted molar refractivity (Wildman–Crippen MR) is 69.1 cm³/mol. The summed E-state index contributed by atoms with van der Waals surface area (Å²) in [4.78, 5) is 12.0. The lowest BCUT2D eigenvalue weighted by Crippen LogP contribution is -2.47. The van der Waals surface area contributed by atoms with Gasteiger partial charge in [0.2, 0.25) is 5.91 Å². The van der Waals surface area contributed by atoms with E-state index in [2.05, 4.69) is 16.2 Å². The molecule has 1 amide bonds. The van der Waals surface area contributed by atoms with Crippen molar-refractivity contribution in [2.24, 2.45) is 11.7 Å². The highest BCUT2D eigenvalue weighted by Crippen LogP contribution is 2.24. The second-order valence-electron chi connectivity index (χ2n) is 4.44. The Bertz CT molecular complexity index is 513. The molecule has 3 atom stereocenters. The van der Waals surface area contributed by atoms with E-state index >= 15 is 0 Å². The molecule has 0 bridgehead atoms. The van der Waals surface area contributed by atoms with Crippen molar-refractivity contribution in [1.82, 2.24) is 16.2 Å². The van der Waals surface area contributed by atoms with E-state index in [0.717, 1.165) is 11.3 Å². The maximum absolute atomic E-state index is 12.0. The SMILES string of the molecule is NC1NNC2C=C(c3ccc(Cl)cc3)NC(=O)C12. The first kappa shape index (κ1) is 11.7. The van der Waals surface area contributed by atoms with Gasteiger partial charge in [-0.25, -0.2) is 10.9 Å². The number of fused-ring (bicyclic) bond motifs is 1. The van der Waals surface area contributed by atoms with Gasteiger partial charge in [-0.15, -0.1) is 0 Å². The molecule has 5 nitrogen and oxygen atoms in total. The number of carbonyl (C=O) groups is 1. The molecule has 1 fully saturated rings. The average Bonchev–Trinajstić information content (AvgIpc) is 2.72. The topological polar surface area (TPSA) is 79.2 Å². The minimum absolute atomic E-state index is 0.0718. The maximum atomic E-state index is 12.0. The van der Waals surface area contributed by atoms with Crippen molar-refractivity contribution >= 4 is 23.2 Å². The van der Waals surface area contributed by atoms with Gasteiger partial charge in [0.05, 0.1) is 18.1 Å². The lowest BCUT2D eigenvalue weighted by molar-refractivity contribution is -0.124. The van der Waals surface area contributed by atoms with Crippen LogP contribution in [0.5, 0.6) is 0 Å².